The molecule has 0 fully saturated rings. The summed E-state index contributed by atoms with van der Waals surface area (Å²) in [6.45, 7) is 0. The molecule has 0 bridgehead atoms. The third kappa shape index (κ3) is 2.08. The van der Waals surface area contributed by atoms with E-state index in [2.05, 4.69) is 32.3 Å². The van der Waals surface area contributed by atoms with Crippen LogP contribution >= 0.6 is 0 Å². The fraction of sp³-hybridized carbons (Fsp3) is 0. The molecule has 6 rings (SSSR count). The molecule has 1 N–H and O–H groups in total. The van der Waals surface area contributed by atoms with Crippen molar-refractivity contribution in [2.45, 2.75) is 0 Å². The van der Waals surface area contributed by atoms with Crippen LogP contribution < -0.4 is 0 Å². The maximum Gasteiger partial charge on any atom is 0.183 e. The fourth-order valence-electron chi connectivity index (χ4n) is 3.44. The number of nitrogens with zero attached hydrogens (tertiary/aromatic N) is 6. The smallest absolute Gasteiger partial charge is 0.183 e. The SMILES string of the molecule is c1ccc2c(c1)ncn2-c1nc(-c2ccc3cn[nH]c3c2)cn2ccnc12. The van der Waals surface area contributed by atoms with Gasteiger partial charge in [0.1, 0.15) is 6.33 Å². The van der Waals surface area contributed by atoms with Gasteiger partial charge in [-0.2, -0.15) is 5.10 Å². The number of benzene rings is 2. The molecule has 7 nitrogen and oxygen atoms in total. The molecule has 0 amide bonds. The molecule has 0 aliphatic heterocycles. The highest BCUT2D eigenvalue weighted by molar-refractivity contribution is 5.84. The Morgan fingerprint density at radius 3 is 2.96 bits per heavy atom. The number of aromatic amines is 1. The van der Waals surface area contributed by atoms with E-state index in [4.69, 9.17) is 4.98 Å². The lowest BCUT2D eigenvalue weighted by Crippen LogP contribution is -2.02. The number of imidazole rings is 2. The quantitative estimate of drug-likeness (QED) is 0.517. The first-order valence-electron chi connectivity index (χ1n) is 8.56. The van der Waals surface area contributed by atoms with Crippen LogP contribution in [0.15, 0.2) is 73.6 Å². The van der Waals surface area contributed by atoms with Gasteiger partial charge in [-0.05, 0) is 18.2 Å². The molecule has 4 heterocycles. The summed E-state index contributed by atoms with van der Waals surface area (Å²) in [6, 6.07) is 14.2. The molecule has 0 saturated heterocycles. The lowest BCUT2D eigenvalue weighted by Gasteiger charge is -2.09. The second kappa shape index (κ2) is 5.25. The molecular formula is C20H13N7. The molecule has 6 aromatic rings. The third-order valence-corrected chi connectivity index (χ3v) is 4.78. The molecule has 0 radical (unpaired) electrons. The first kappa shape index (κ1) is 14.2. The van der Waals surface area contributed by atoms with Crippen LogP contribution in [-0.2, 0) is 0 Å². The van der Waals surface area contributed by atoms with E-state index in [1.165, 1.54) is 0 Å². The van der Waals surface area contributed by atoms with Crippen LogP contribution in [-0.4, -0.2) is 34.1 Å². The van der Waals surface area contributed by atoms with Crippen molar-refractivity contribution in [1.29, 1.82) is 0 Å². The number of rotatable bonds is 2. The van der Waals surface area contributed by atoms with Crippen LogP contribution in [0.3, 0.4) is 0 Å². The third-order valence-electron chi connectivity index (χ3n) is 4.78. The monoisotopic (exact) mass is 351 g/mol. The van der Waals surface area contributed by atoms with Gasteiger partial charge >= 0.3 is 0 Å². The van der Waals surface area contributed by atoms with Crippen molar-refractivity contribution in [2.75, 3.05) is 0 Å². The van der Waals surface area contributed by atoms with Crippen LogP contribution in [0.1, 0.15) is 0 Å². The number of fused-ring (bicyclic) bond motifs is 3. The lowest BCUT2D eigenvalue weighted by molar-refractivity contribution is 0.995. The van der Waals surface area contributed by atoms with Crippen LogP contribution in [0.25, 0.3) is 44.7 Å². The predicted molar refractivity (Wildman–Crippen MR) is 103 cm³/mol. The highest BCUT2D eigenvalue weighted by atomic mass is 15.2. The van der Waals surface area contributed by atoms with Crippen LogP contribution in [0.4, 0.5) is 0 Å². The minimum Gasteiger partial charge on any atom is -0.302 e. The van der Waals surface area contributed by atoms with Crippen LogP contribution in [0.5, 0.6) is 0 Å². The molecule has 128 valence electrons. The molecule has 27 heavy (non-hydrogen) atoms. The largest absolute Gasteiger partial charge is 0.302 e. The van der Waals surface area contributed by atoms with E-state index in [-0.39, 0.29) is 0 Å². The van der Waals surface area contributed by atoms with Crippen molar-refractivity contribution in [1.82, 2.24) is 34.1 Å². The molecule has 0 atom stereocenters. The standard InChI is InChI=1S/C20H13N7/c1-2-4-18-15(3-1)22-12-27(18)20-19-21-7-8-26(19)11-17(24-20)13-5-6-14-10-23-25-16(14)9-13/h1-12H,(H,23,25). The van der Waals surface area contributed by atoms with Gasteiger partial charge < -0.3 is 4.40 Å². The zero-order valence-electron chi connectivity index (χ0n) is 14.1. The summed E-state index contributed by atoms with van der Waals surface area (Å²) in [4.78, 5) is 13.9. The highest BCUT2D eigenvalue weighted by Gasteiger charge is 2.14. The minimum absolute atomic E-state index is 0.746. The van der Waals surface area contributed by atoms with Gasteiger partial charge in [0.2, 0.25) is 0 Å². The van der Waals surface area contributed by atoms with Crippen LogP contribution in [0.2, 0.25) is 0 Å². The van der Waals surface area contributed by atoms with Crippen molar-refractivity contribution in [3.05, 3.63) is 73.6 Å². The van der Waals surface area contributed by atoms with Crippen molar-refractivity contribution in [2.24, 2.45) is 0 Å². The second-order valence-electron chi connectivity index (χ2n) is 6.38. The maximum atomic E-state index is 4.93. The van der Waals surface area contributed by atoms with Gasteiger partial charge in [0.15, 0.2) is 11.5 Å². The van der Waals surface area contributed by atoms with Crippen LogP contribution in [0, 0.1) is 0 Å². The molecule has 2 aromatic carbocycles. The molecule has 7 heteroatoms. The number of para-hydroxylation sites is 2. The Kier molecular flexibility index (Phi) is 2.76. The summed E-state index contributed by atoms with van der Waals surface area (Å²) in [5.74, 6) is 0.746. The first-order chi connectivity index (χ1) is 13.4. The molecule has 0 unspecified atom stereocenters. The summed E-state index contributed by atoms with van der Waals surface area (Å²) in [6.07, 6.45) is 9.31. The Labute approximate surface area is 153 Å². The average Bonchev–Trinajstić information content (AvgIpc) is 3.44. The van der Waals surface area contributed by atoms with Gasteiger partial charge in [0, 0.05) is 29.5 Å². The zero-order valence-corrected chi connectivity index (χ0v) is 14.1. The van der Waals surface area contributed by atoms with Crippen molar-refractivity contribution in [3.63, 3.8) is 0 Å². The van der Waals surface area contributed by atoms with E-state index < -0.39 is 0 Å². The number of H-pyrrole nitrogens is 1. The molecular weight excluding hydrogens is 338 g/mol. The van der Waals surface area contributed by atoms with E-state index in [0.717, 1.165) is 44.7 Å². The average molecular weight is 351 g/mol. The van der Waals surface area contributed by atoms with Gasteiger partial charge in [-0.3, -0.25) is 9.67 Å². The van der Waals surface area contributed by atoms with Crippen molar-refractivity contribution in [3.8, 4) is 17.1 Å². The Morgan fingerprint density at radius 1 is 1.00 bits per heavy atom. The Morgan fingerprint density at radius 2 is 1.96 bits per heavy atom. The van der Waals surface area contributed by atoms with E-state index >= 15 is 0 Å². The van der Waals surface area contributed by atoms with E-state index in [9.17, 15) is 0 Å². The Bertz CT molecular complexity index is 1440. The van der Waals surface area contributed by atoms with E-state index in [1.807, 2.05) is 57.9 Å². The zero-order chi connectivity index (χ0) is 17.8. The number of aromatic nitrogens is 7. The molecule has 0 aliphatic carbocycles. The van der Waals surface area contributed by atoms with Gasteiger partial charge in [0.05, 0.1) is 28.4 Å². The Balaban J connectivity index is 1.64. The summed E-state index contributed by atoms with van der Waals surface area (Å²) in [5, 5.41) is 8.19. The van der Waals surface area contributed by atoms with Gasteiger partial charge in [-0.15, -0.1) is 0 Å². The number of hydrogen-bond donors (Lipinski definition) is 1. The molecule has 0 saturated carbocycles. The van der Waals surface area contributed by atoms with Gasteiger partial charge in [-0.25, -0.2) is 15.0 Å². The lowest BCUT2D eigenvalue weighted by atomic mass is 10.1. The maximum absolute atomic E-state index is 4.93. The summed E-state index contributed by atoms with van der Waals surface area (Å²) >= 11 is 0. The number of hydrogen-bond acceptors (Lipinski definition) is 4. The molecule has 0 aliphatic rings. The van der Waals surface area contributed by atoms with E-state index in [0.29, 0.717) is 0 Å². The fourth-order valence-corrected chi connectivity index (χ4v) is 3.44. The molecule has 0 spiro atoms. The predicted octanol–water partition coefficient (Wildman–Crippen LogP) is 3.61. The van der Waals surface area contributed by atoms with Crippen molar-refractivity contribution < 1.29 is 0 Å². The summed E-state index contributed by atoms with van der Waals surface area (Å²) in [7, 11) is 0. The Hall–Kier alpha value is -4.00. The highest BCUT2D eigenvalue weighted by Crippen LogP contribution is 2.26. The second-order valence-corrected chi connectivity index (χ2v) is 6.38. The minimum atomic E-state index is 0.746. The topological polar surface area (TPSA) is 76.7 Å². The number of nitrogens with one attached hydrogen (secondary N) is 1. The van der Waals surface area contributed by atoms with Crippen molar-refractivity contribution >= 4 is 27.6 Å². The summed E-state index contributed by atoms with van der Waals surface area (Å²) in [5.41, 5.74) is 5.54. The van der Waals surface area contributed by atoms with E-state index in [1.54, 1.807) is 12.5 Å². The molecule has 4 aromatic heterocycles. The normalized spacial score (nSPS) is 11.7. The van der Waals surface area contributed by atoms with Gasteiger partial charge in [-0.1, -0.05) is 24.3 Å². The first-order valence-corrected chi connectivity index (χ1v) is 8.56. The van der Waals surface area contributed by atoms with Gasteiger partial charge in [0.25, 0.3) is 0 Å². The summed E-state index contributed by atoms with van der Waals surface area (Å²) < 4.78 is 3.97.